The Balaban J connectivity index is 2.35. The van der Waals surface area contributed by atoms with Crippen LogP contribution in [0, 0.1) is 5.92 Å². The van der Waals surface area contributed by atoms with E-state index in [4.69, 9.17) is 14.2 Å². The molecule has 0 saturated heterocycles. The first-order valence-electron chi connectivity index (χ1n) is 8.48. The number of likely N-dealkylation sites (N-methyl/N-ethyl adjacent to an activating group) is 1. The second-order valence-electron chi connectivity index (χ2n) is 6.40. The van der Waals surface area contributed by atoms with Crippen molar-refractivity contribution in [2.24, 2.45) is 5.92 Å². The number of ether oxygens (including phenoxy) is 3. The maximum atomic E-state index is 12.1. The Kier molecular flexibility index (Phi) is 8.99. The molecule has 0 saturated carbocycles. The summed E-state index contributed by atoms with van der Waals surface area (Å²) in [7, 11) is 3.27. The van der Waals surface area contributed by atoms with E-state index in [2.05, 4.69) is 13.8 Å². The molecule has 1 unspecified atom stereocenters. The lowest BCUT2D eigenvalue weighted by Crippen LogP contribution is -2.33. The maximum absolute atomic E-state index is 12.1. The van der Waals surface area contributed by atoms with Crippen LogP contribution in [0.3, 0.4) is 0 Å². The predicted molar refractivity (Wildman–Crippen MR) is 95.3 cm³/mol. The number of hydrogen-bond acceptors (Lipinski definition) is 5. The van der Waals surface area contributed by atoms with E-state index < -0.39 is 12.1 Å². The zero-order valence-electron chi connectivity index (χ0n) is 15.8. The summed E-state index contributed by atoms with van der Waals surface area (Å²) in [6, 6.07) is 7.45. The third-order valence-electron chi connectivity index (χ3n) is 3.74. The van der Waals surface area contributed by atoms with Gasteiger partial charge in [0.1, 0.15) is 5.75 Å². The smallest absolute Gasteiger partial charge is 0.335 e. The van der Waals surface area contributed by atoms with Gasteiger partial charge in [-0.05, 0) is 37.0 Å². The first-order chi connectivity index (χ1) is 11.8. The largest absolute Gasteiger partial charge is 0.497 e. The van der Waals surface area contributed by atoms with Crippen LogP contribution >= 0.6 is 0 Å². The highest BCUT2D eigenvalue weighted by Gasteiger charge is 2.18. The number of methoxy groups -OCH3 is 1. The van der Waals surface area contributed by atoms with Crippen molar-refractivity contribution in [3.05, 3.63) is 29.8 Å². The summed E-state index contributed by atoms with van der Waals surface area (Å²) in [4.78, 5) is 25.4. The molecule has 0 heterocycles. The van der Waals surface area contributed by atoms with Crippen LogP contribution in [0.4, 0.5) is 0 Å². The second-order valence-corrected chi connectivity index (χ2v) is 6.40. The molecule has 6 nitrogen and oxygen atoms in total. The summed E-state index contributed by atoms with van der Waals surface area (Å²) in [6.07, 6.45) is 0.208. The fourth-order valence-electron chi connectivity index (χ4n) is 2.00. The first kappa shape index (κ1) is 21.0. The molecule has 0 spiro atoms. The fourth-order valence-corrected chi connectivity index (χ4v) is 2.00. The molecule has 0 aromatic heterocycles. The van der Waals surface area contributed by atoms with Crippen molar-refractivity contribution in [3.8, 4) is 5.75 Å². The van der Waals surface area contributed by atoms with E-state index in [-0.39, 0.29) is 12.5 Å². The summed E-state index contributed by atoms with van der Waals surface area (Å²) >= 11 is 0. The van der Waals surface area contributed by atoms with Crippen LogP contribution in [-0.4, -0.2) is 50.3 Å². The normalized spacial score (nSPS) is 11.9. The summed E-state index contributed by atoms with van der Waals surface area (Å²) in [5.41, 5.74) is 0.966. The Morgan fingerprint density at radius 3 is 2.32 bits per heavy atom. The first-order valence-corrected chi connectivity index (χ1v) is 8.48. The van der Waals surface area contributed by atoms with Crippen LogP contribution in [0.15, 0.2) is 24.3 Å². The van der Waals surface area contributed by atoms with Gasteiger partial charge in [-0.25, -0.2) is 4.79 Å². The number of esters is 1. The van der Waals surface area contributed by atoms with Gasteiger partial charge in [0.2, 0.25) is 0 Å². The highest BCUT2D eigenvalue weighted by Crippen LogP contribution is 2.12. The number of nitrogens with zero attached hydrogens (tertiary/aromatic N) is 1. The number of carbonyl (C=O) groups is 2. The molecule has 1 aromatic carbocycles. The topological polar surface area (TPSA) is 65.1 Å². The lowest BCUT2D eigenvalue weighted by atomic mass is 10.1. The minimum atomic E-state index is -0.668. The monoisotopic (exact) mass is 351 g/mol. The highest BCUT2D eigenvalue weighted by molar-refractivity contribution is 5.81. The van der Waals surface area contributed by atoms with Crippen LogP contribution in [0.2, 0.25) is 0 Å². The van der Waals surface area contributed by atoms with Gasteiger partial charge in [0.05, 0.1) is 7.11 Å². The third-order valence-corrected chi connectivity index (χ3v) is 3.74. The molecule has 1 aromatic rings. The Morgan fingerprint density at radius 2 is 1.76 bits per heavy atom. The quantitative estimate of drug-likeness (QED) is 0.606. The SMILES string of the molecule is COc1ccc(CN(C)C(=O)COC(=O)C(C)OCCC(C)C)cc1. The highest BCUT2D eigenvalue weighted by atomic mass is 16.6. The number of benzene rings is 1. The molecule has 0 bridgehead atoms. The number of rotatable bonds is 10. The Labute approximate surface area is 150 Å². The molecule has 6 heteroatoms. The third kappa shape index (κ3) is 8.03. The minimum Gasteiger partial charge on any atom is -0.497 e. The molecular formula is C19H29NO5. The van der Waals surface area contributed by atoms with Crippen molar-refractivity contribution in [2.75, 3.05) is 27.4 Å². The summed E-state index contributed by atoms with van der Waals surface area (Å²) in [6.45, 7) is 6.45. The van der Waals surface area contributed by atoms with E-state index in [1.54, 1.807) is 21.1 Å². The van der Waals surface area contributed by atoms with Gasteiger partial charge in [0.15, 0.2) is 12.7 Å². The molecule has 1 rings (SSSR count). The number of hydrogen-bond donors (Lipinski definition) is 0. The Morgan fingerprint density at radius 1 is 1.12 bits per heavy atom. The molecule has 0 radical (unpaired) electrons. The van der Waals surface area contributed by atoms with Gasteiger partial charge in [-0.1, -0.05) is 26.0 Å². The van der Waals surface area contributed by atoms with E-state index >= 15 is 0 Å². The van der Waals surface area contributed by atoms with Gasteiger partial charge in [-0.3, -0.25) is 4.79 Å². The van der Waals surface area contributed by atoms with Crippen molar-refractivity contribution in [1.29, 1.82) is 0 Å². The summed E-state index contributed by atoms with van der Waals surface area (Å²) < 4.78 is 15.6. The number of amides is 1. The van der Waals surface area contributed by atoms with Gasteiger partial charge >= 0.3 is 5.97 Å². The van der Waals surface area contributed by atoms with Crippen LogP contribution in [0.1, 0.15) is 32.8 Å². The Hall–Kier alpha value is -2.08. The van der Waals surface area contributed by atoms with Crippen molar-refractivity contribution in [1.82, 2.24) is 4.90 Å². The molecular weight excluding hydrogens is 322 g/mol. The van der Waals surface area contributed by atoms with Crippen molar-refractivity contribution >= 4 is 11.9 Å². The van der Waals surface area contributed by atoms with Crippen LogP contribution in [0.25, 0.3) is 0 Å². The molecule has 0 aliphatic carbocycles. The van der Waals surface area contributed by atoms with Crippen molar-refractivity contribution in [3.63, 3.8) is 0 Å². The lowest BCUT2D eigenvalue weighted by molar-refractivity contribution is -0.161. The van der Waals surface area contributed by atoms with Gasteiger partial charge < -0.3 is 19.1 Å². The summed E-state index contributed by atoms with van der Waals surface area (Å²) in [5.74, 6) is 0.489. The van der Waals surface area contributed by atoms with E-state index in [0.29, 0.717) is 19.1 Å². The Bertz CT molecular complexity index is 541. The van der Waals surface area contributed by atoms with Crippen molar-refractivity contribution < 1.29 is 23.8 Å². The van der Waals surface area contributed by atoms with Gasteiger partial charge in [-0.15, -0.1) is 0 Å². The molecule has 140 valence electrons. The fraction of sp³-hybridized carbons (Fsp3) is 0.579. The number of carbonyl (C=O) groups excluding carboxylic acids is 2. The second kappa shape index (κ2) is 10.7. The maximum Gasteiger partial charge on any atom is 0.335 e. The van der Waals surface area contributed by atoms with Crippen molar-refractivity contribution in [2.45, 2.75) is 39.8 Å². The van der Waals surface area contributed by atoms with Gasteiger partial charge in [-0.2, -0.15) is 0 Å². The van der Waals surface area contributed by atoms with E-state index in [9.17, 15) is 9.59 Å². The molecule has 0 N–H and O–H groups in total. The zero-order valence-corrected chi connectivity index (χ0v) is 15.8. The molecule has 25 heavy (non-hydrogen) atoms. The molecule has 0 fully saturated rings. The molecule has 0 aliphatic heterocycles. The average molecular weight is 351 g/mol. The molecule has 1 amide bonds. The van der Waals surface area contributed by atoms with Crippen LogP contribution < -0.4 is 4.74 Å². The molecule has 0 aliphatic rings. The van der Waals surface area contributed by atoms with E-state index in [0.717, 1.165) is 17.7 Å². The zero-order chi connectivity index (χ0) is 18.8. The van der Waals surface area contributed by atoms with Crippen LogP contribution in [0.5, 0.6) is 5.75 Å². The van der Waals surface area contributed by atoms with Gasteiger partial charge in [0, 0.05) is 20.2 Å². The standard InChI is InChI=1S/C19H29NO5/c1-14(2)10-11-24-15(3)19(22)25-13-18(21)20(4)12-16-6-8-17(23-5)9-7-16/h6-9,14-15H,10-13H2,1-5H3. The lowest BCUT2D eigenvalue weighted by Gasteiger charge is -2.18. The predicted octanol–water partition coefficient (Wildman–Crippen LogP) is 2.65. The summed E-state index contributed by atoms with van der Waals surface area (Å²) in [5, 5.41) is 0. The van der Waals surface area contributed by atoms with Crippen LogP contribution in [-0.2, 0) is 25.6 Å². The van der Waals surface area contributed by atoms with E-state index in [1.165, 1.54) is 4.90 Å². The minimum absolute atomic E-state index is 0.265. The molecule has 1 atom stereocenters. The van der Waals surface area contributed by atoms with Gasteiger partial charge in [0.25, 0.3) is 5.91 Å². The average Bonchev–Trinajstić information content (AvgIpc) is 2.59. The van der Waals surface area contributed by atoms with E-state index in [1.807, 2.05) is 24.3 Å².